The minimum absolute atomic E-state index is 0.117. The van der Waals surface area contributed by atoms with Crippen LogP contribution < -0.4 is 10.4 Å². The van der Waals surface area contributed by atoms with Gasteiger partial charge < -0.3 is 19.0 Å². The van der Waals surface area contributed by atoms with E-state index in [1.165, 1.54) is 10.4 Å². The average Bonchev–Trinajstić information content (AvgIpc) is 3.07. The van der Waals surface area contributed by atoms with E-state index in [1.807, 2.05) is 19.1 Å². The topological polar surface area (TPSA) is 47.9 Å². The number of rotatable bonds is 6. The predicted molar refractivity (Wildman–Crippen MR) is 114 cm³/mol. The van der Waals surface area contributed by atoms with Crippen LogP contribution in [0.25, 0.3) is 0 Å². The molecule has 1 N–H and O–H groups in total. The van der Waals surface area contributed by atoms with E-state index in [1.54, 1.807) is 7.11 Å². The van der Waals surface area contributed by atoms with Gasteiger partial charge in [-0.3, -0.25) is 0 Å². The molecule has 0 aromatic heterocycles. The Morgan fingerprint density at radius 1 is 1.00 bits per heavy atom. The number of ether oxygens (including phenoxy) is 2. The van der Waals surface area contributed by atoms with Gasteiger partial charge in [-0.2, -0.15) is 0 Å². The van der Waals surface area contributed by atoms with Crippen LogP contribution in [0.5, 0.6) is 0 Å². The Hall–Kier alpha value is -1.50. The molecule has 0 aliphatic carbocycles. The van der Waals surface area contributed by atoms with Crippen molar-refractivity contribution in [3.8, 4) is 0 Å². The molecule has 0 radical (unpaired) electrons. The lowest BCUT2D eigenvalue weighted by Crippen LogP contribution is -2.68. The lowest BCUT2D eigenvalue weighted by Gasteiger charge is -2.45. The second kappa shape index (κ2) is 8.47. The first-order valence-corrected chi connectivity index (χ1v) is 11.9. The molecule has 2 aromatic carbocycles. The number of methoxy groups -OCH3 is 1. The van der Waals surface area contributed by atoms with Crippen LogP contribution in [-0.4, -0.2) is 45.1 Å². The molecule has 4 nitrogen and oxygen atoms in total. The van der Waals surface area contributed by atoms with E-state index >= 15 is 0 Å². The summed E-state index contributed by atoms with van der Waals surface area (Å²) in [5.41, 5.74) is 0. The van der Waals surface area contributed by atoms with Crippen molar-refractivity contribution >= 4 is 18.7 Å². The van der Waals surface area contributed by atoms with E-state index in [9.17, 15) is 5.11 Å². The molecular weight excluding hydrogens is 368 g/mol. The first-order chi connectivity index (χ1) is 13.3. The van der Waals surface area contributed by atoms with Crippen LogP contribution in [0.2, 0.25) is 5.04 Å². The highest BCUT2D eigenvalue weighted by atomic mass is 28.4. The Morgan fingerprint density at radius 3 is 1.89 bits per heavy atom. The van der Waals surface area contributed by atoms with Crippen molar-refractivity contribution in [3.63, 3.8) is 0 Å². The Labute approximate surface area is 169 Å². The Kier molecular flexibility index (Phi) is 6.42. The summed E-state index contributed by atoms with van der Waals surface area (Å²) in [7, 11) is -1.07. The maximum atomic E-state index is 10.5. The molecule has 0 bridgehead atoms. The summed E-state index contributed by atoms with van der Waals surface area (Å²) < 4.78 is 18.3. The third kappa shape index (κ3) is 3.95. The van der Waals surface area contributed by atoms with Gasteiger partial charge in [-0.05, 0) is 22.3 Å². The van der Waals surface area contributed by atoms with Gasteiger partial charge in [0.15, 0.2) is 6.29 Å². The third-order valence-electron chi connectivity index (χ3n) is 5.63. The fraction of sp³-hybridized carbons (Fsp3) is 0.478. The van der Waals surface area contributed by atoms with Gasteiger partial charge in [0.2, 0.25) is 0 Å². The van der Waals surface area contributed by atoms with Gasteiger partial charge in [0.1, 0.15) is 6.10 Å². The third-order valence-corrected chi connectivity index (χ3v) is 10.8. The van der Waals surface area contributed by atoms with Gasteiger partial charge in [-0.15, -0.1) is 0 Å². The van der Waals surface area contributed by atoms with Gasteiger partial charge in [-0.25, -0.2) is 0 Å². The van der Waals surface area contributed by atoms with Crippen LogP contribution in [0.3, 0.4) is 0 Å². The first-order valence-electron chi connectivity index (χ1n) is 9.95. The van der Waals surface area contributed by atoms with Crippen LogP contribution in [0.1, 0.15) is 34.1 Å². The Morgan fingerprint density at radius 2 is 1.50 bits per heavy atom. The van der Waals surface area contributed by atoms with E-state index in [-0.39, 0.29) is 17.4 Å². The van der Waals surface area contributed by atoms with Crippen molar-refractivity contribution in [1.29, 1.82) is 0 Å². The zero-order valence-electron chi connectivity index (χ0n) is 17.5. The van der Waals surface area contributed by atoms with E-state index in [0.29, 0.717) is 6.42 Å². The molecule has 0 saturated carbocycles. The summed E-state index contributed by atoms with van der Waals surface area (Å²) in [5, 5.41) is 12.9. The van der Waals surface area contributed by atoms with Crippen molar-refractivity contribution in [2.24, 2.45) is 0 Å². The van der Waals surface area contributed by atoms with E-state index in [4.69, 9.17) is 13.9 Å². The van der Waals surface area contributed by atoms with E-state index < -0.39 is 20.5 Å². The van der Waals surface area contributed by atoms with Crippen molar-refractivity contribution in [1.82, 2.24) is 0 Å². The summed E-state index contributed by atoms with van der Waals surface area (Å²) in [6.45, 7) is 8.74. The van der Waals surface area contributed by atoms with Gasteiger partial charge in [0.05, 0.1) is 12.2 Å². The molecule has 5 heteroatoms. The summed E-state index contributed by atoms with van der Waals surface area (Å²) in [6, 6.07) is 21.0. The lowest BCUT2D eigenvalue weighted by atomic mass is 10.1. The maximum absolute atomic E-state index is 10.5. The number of aliphatic hydroxyl groups excluding tert-OH is 1. The molecule has 1 fully saturated rings. The normalized spacial score (nSPS) is 24.3. The van der Waals surface area contributed by atoms with Crippen molar-refractivity contribution < 1.29 is 19.0 Å². The van der Waals surface area contributed by atoms with Crippen LogP contribution in [0, 0.1) is 0 Å². The standard InChI is InChI=1S/C23H32O4Si/c1-17(22-20(24)16-21(25-5)26-22)27-28(23(2,3)4,18-12-8-6-9-13-18)19-14-10-7-11-15-19/h6-15,17,20-22,24H,16H2,1-5H3/t17-,20-,21+,22+/m0/s1. The molecular formula is C23H32O4Si. The highest BCUT2D eigenvalue weighted by Gasteiger charge is 2.52. The van der Waals surface area contributed by atoms with Crippen molar-refractivity contribution in [3.05, 3.63) is 60.7 Å². The molecule has 0 amide bonds. The fourth-order valence-corrected chi connectivity index (χ4v) is 8.97. The highest BCUT2D eigenvalue weighted by molar-refractivity contribution is 6.99. The number of hydrogen-bond acceptors (Lipinski definition) is 4. The molecule has 0 unspecified atom stereocenters. The number of benzene rings is 2. The van der Waals surface area contributed by atoms with Crippen LogP contribution in [0.4, 0.5) is 0 Å². The highest BCUT2D eigenvalue weighted by Crippen LogP contribution is 2.39. The maximum Gasteiger partial charge on any atom is 0.261 e. The zero-order chi connectivity index (χ0) is 20.4. The van der Waals surface area contributed by atoms with Crippen molar-refractivity contribution in [2.75, 3.05) is 7.11 Å². The van der Waals surface area contributed by atoms with E-state index in [0.717, 1.165) is 0 Å². The average molecular weight is 401 g/mol. The molecule has 152 valence electrons. The summed E-state index contributed by atoms with van der Waals surface area (Å²) in [5.74, 6) is 0. The summed E-state index contributed by atoms with van der Waals surface area (Å²) in [6.07, 6.45) is -1.20. The molecule has 1 aliphatic rings. The molecule has 3 rings (SSSR count). The van der Waals surface area contributed by atoms with Gasteiger partial charge in [0, 0.05) is 13.5 Å². The van der Waals surface area contributed by atoms with Crippen LogP contribution in [0.15, 0.2) is 60.7 Å². The SMILES string of the molecule is CO[C@H]1C[C@H](O)[C@@H]([C@H](C)O[Si](c2ccccc2)(c2ccccc2)C(C)(C)C)O1. The smallest absolute Gasteiger partial charge is 0.261 e. The summed E-state index contributed by atoms with van der Waals surface area (Å²) >= 11 is 0. The Balaban J connectivity index is 2.06. The van der Waals surface area contributed by atoms with Gasteiger partial charge in [-0.1, -0.05) is 81.4 Å². The zero-order valence-corrected chi connectivity index (χ0v) is 18.5. The number of aliphatic hydroxyl groups is 1. The Bertz CT molecular complexity index is 705. The molecule has 28 heavy (non-hydrogen) atoms. The van der Waals surface area contributed by atoms with Crippen LogP contribution >= 0.6 is 0 Å². The van der Waals surface area contributed by atoms with Gasteiger partial charge >= 0.3 is 0 Å². The predicted octanol–water partition coefficient (Wildman–Crippen LogP) is 3.07. The van der Waals surface area contributed by atoms with E-state index in [2.05, 4.69) is 69.3 Å². The molecule has 1 saturated heterocycles. The first kappa shape index (κ1) is 21.2. The lowest BCUT2D eigenvalue weighted by molar-refractivity contribution is -0.139. The monoisotopic (exact) mass is 400 g/mol. The minimum atomic E-state index is -2.67. The molecule has 1 heterocycles. The van der Waals surface area contributed by atoms with Crippen molar-refractivity contribution in [2.45, 2.75) is 63.8 Å². The second-order valence-corrected chi connectivity index (χ2v) is 12.8. The molecule has 0 spiro atoms. The van der Waals surface area contributed by atoms with Gasteiger partial charge in [0.25, 0.3) is 8.32 Å². The second-order valence-electron chi connectivity index (χ2n) is 8.56. The quantitative estimate of drug-likeness (QED) is 0.757. The largest absolute Gasteiger partial charge is 0.402 e. The molecule has 1 aliphatic heterocycles. The molecule has 2 aromatic rings. The van der Waals surface area contributed by atoms with Crippen LogP contribution in [-0.2, 0) is 13.9 Å². The minimum Gasteiger partial charge on any atom is -0.402 e. The summed E-state index contributed by atoms with van der Waals surface area (Å²) in [4.78, 5) is 0. The molecule has 4 atom stereocenters. The number of hydrogen-bond donors (Lipinski definition) is 1. The fourth-order valence-electron chi connectivity index (χ4n) is 4.27.